The highest BCUT2D eigenvalue weighted by atomic mass is 15.2. The molecular formula is C14H25N3. The van der Waals surface area contributed by atoms with E-state index in [1.165, 1.54) is 51.7 Å². The maximum atomic E-state index is 8.56. The standard InChI is InChI=1S/C14H25N3/c1-13-6-8-14(12-16-13)7-5-11-17(14)10-4-2-3-9-15/h13,16H,2-8,10-12H2,1H3. The molecule has 2 unspecified atom stereocenters. The SMILES string of the molecule is CC1CCC2(CCCN2CCCCC#N)CN1. The summed E-state index contributed by atoms with van der Waals surface area (Å²) in [5.41, 5.74) is 0.457. The van der Waals surface area contributed by atoms with Crippen molar-refractivity contribution in [3.8, 4) is 6.07 Å². The maximum absolute atomic E-state index is 8.56. The van der Waals surface area contributed by atoms with Crippen molar-refractivity contribution < 1.29 is 0 Å². The molecule has 2 aliphatic heterocycles. The van der Waals surface area contributed by atoms with Gasteiger partial charge in [0, 0.05) is 24.5 Å². The second-order valence-electron chi connectivity index (χ2n) is 5.75. The van der Waals surface area contributed by atoms with Gasteiger partial charge >= 0.3 is 0 Å². The summed E-state index contributed by atoms with van der Waals surface area (Å²) >= 11 is 0. The molecule has 2 atom stereocenters. The quantitative estimate of drug-likeness (QED) is 0.760. The van der Waals surface area contributed by atoms with Crippen LogP contribution in [0.2, 0.25) is 0 Å². The summed E-state index contributed by atoms with van der Waals surface area (Å²) in [6.45, 7) is 5.92. The molecule has 2 aliphatic rings. The lowest BCUT2D eigenvalue weighted by atomic mass is 9.85. The number of nitriles is 1. The molecule has 3 heteroatoms. The van der Waals surface area contributed by atoms with Crippen LogP contribution in [0.4, 0.5) is 0 Å². The molecule has 0 aromatic heterocycles. The summed E-state index contributed by atoms with van der Waals surface area (Å²) in [7, 11) is 0. The Balaban J connectivity index is 1.82. The van der Waals surface area contributed by atoms with Crippen LogP contribution in [-0.4, -0.2) is 36.1 Å². The van der Waals surface area contributed by atoms with Crippen molar-refractivity contribution in [3.05, 3.63) is 0 Å². The molecule has 96 valence electrons. The van der Waals surface area contributed by atoms with Crippen LogP contribution in [0.15, 0.2) is 0 Å². The smallest absolute Gasteiger partial charge is 0.0621 e. The molecule has 2 fully saturated rings. The van der Waals surface area contributed by atoms with Crippen LogP contribution >= 0.6 is 0 Å². The molecule has 0 aromatic carbocycles. The Labute approximate surface area is 105 Å². The minimum Gasteiger partial charge on any atom is -0.312 e. The molecule has 0 amide bonds. The summed E-state index contributed by atoms with van der Waals surface area (Å²) in [4.78, 5) is 2.70. The Morgan fingerprint density at radius 2 is 2.29 bits per heavy atom. The van der Waals surface area contributed by atoms with E-state index in [9.17, 15) is 0 Å². The highest BCUT2D eigenvalue weighted by molar-refractivity contribution is 5.00. The van der Waals surface area contributed by atoms with Gasteiger partial charge < -0.3 is 5.32 Å². The maximum Gasteiger partial charge on any atom is 0.0621 e. The normalized spacial score (nSPS) is 34.0. The molecule has 0 aliphatic carbocycles. The fourth-order valence-electron chi connectivity index (χ4n) is 3.37. The molecule has 2 heterocycles. The highest BCUT2D eigenvalue weighted by Gasteiger charge is 2.42. The van der Waals surface area contributed by atoms with Gasteiger partial charge in [-0.15, -0.1) is 0 Å². The highest BCUT2D eigenvalue weighted by Crippen LogP contribution is 2.36. The number of piperidine rings is 1. The molecular weight excluding hydrogens is 210 g/mol. The van der Waals surface area contributed by atoms with Gasteiger partial charge in [-0.3, -0.25) is 4.90 Å². The lowest BCUT2D eigenvalue weighted by Crippen LogP contribution is -2.56. The van der Waals surface area contributed by atoms with Crippen molar-refractivity contribution in [2.75, 3.05) is 19.6 Å². The van der Waals surface area contributed by atoms with Gasteiger partial charge in [-0.1, -0.05) is 0 Å². The third-order valence-electron chi connectivity index (χ3n) is 4.53. The molecule has 0 aromatic rings. The molecule has 1 N–H and O–H groups in total. The lowest BCUT2D eigenvalue weighted by Gasteiger charge is -2.44. The van der Waals surface area contributed by atoms with Gasteiger partial charge in [-0.05, 0) is 58.5 Å². The van der Waals surface area contributed by atoms with Crippen LogP contribution in [0.25, 0.3) is 0 Å². The van der Waals surface area contributed by atoms with E-state index in [0.29, 0.717) is 11.6 Å². The first-order chi connectivity index (χ1) is 8.27. The van der Waals surface area contributed by atoms with E-state index in [0.717, 1.165) is 12.8 Å². The Morgan fingerprint density at radius 3 is 3.00 bits per heavy atom. The zero-order valence-corrected chi connectivity index (χ0v) is 11.0. The molecule has 3 nitrogen and oxygen atoms in total. The predicted octanol–water partition coefficient (Wildman–Crippen LogP) is 2.29. The van der Waals surface area contributed by atoms with Crippen LogP contribution in [0.3, 0.4) is 0 Å². The third kappa shape index (κ3) is 3.00. The Bertz CT molecular complexity index is 274. The average Bonchev–Trinajstić information content (AvgIpc) is 2.72. The fourth-order valence-corrected chi connectivity index (χ4v) is 3.37. The van der Waals surface area contributed by atoms with Crippen molar-refractivity contribution in [1.29, 1.82) is 5.26 Å². The van der Waals surface area contributed by atoms with E-state index in [4.69, 9.17) is 5.26 Å². The van der Waals surface area contributed by atoms with Gasteiger partial charge in [0.2, 0.25) is 0 Å². The monoisotopic (exact) mass is 235 g/mol. The molecule has 0 saturated carbocycles. The largest absolute Gasteiger partial charge is 0.312 e. The van der Waals surface area contributed by atoms with Gasteiger partial charge in [0.25, 0.3) is 0 Å². The second kappa shape index (κ2) is 5.84. The molecule has 1 spiro atoms. The zero-order valence-electron chi connectivity index (χ0n) is 11.0. The van der Waals surface area contributed by atoms with Crippen molar-refractivity contribution >= 4 is 0 Å². The van der Waals surface area contributed by atoms with Gasteiger partial charge in [-0.2, -0.15) is 5.26 Å². The summed E-state index contributed by atoms with van der Waals surface area (Å²) < 4.78 is 0. The molecule has 0 radical (unpaired) electrons. The van der Waals surface area contributed by atoms with Gasteiger partial charge in [0.1, 0.15) is 0 Å². The summed E-state index contributed by atoms with van der Waals surface area (Å²) in [6, 6.07) is 2.94. The number of rotatable bonds is 4. The third-order valence-corrected chi connectivity index (χ3v) is 4.53. The van der Waals surface area contributed by atoms with Crippen LogP contribution in [0.1, 0.15) is 51.9 Å². The predicted molar refractivity (Wildman–Crippen MR) is 69.7 cm³/mol. The number of unbranched alkanes of at least 4 members (excludes halogenated alkanes) is 2. The Hall–Kier alpha value is -0.590. The summed E-state index contributed by atoms with van der Waals surface area (Å²) in [5.74, 6) is 0. The van der Waals surface area contributed by atoms with Crippen LogP contribution in [0, 0.1) is 11.3 Å². The van der Waals surface area contributed by atoms with Crippen LogP contribution < -0.4 is 5.32 Å². The first kappa shape index (κ1) is 12.9. The van der Waals surface area contributed by atoms with Crippen molar-refractivity contribution in [3.63, 3.8) is 0 Å². The number of hydrogen-bond acceptors (Lipinski definition) is 3. The topological polar surface area (TPSA) is 39.1 Å². The van der Waals surface area contributed by atoms with Gasteiger partial charge in [0.05, 0.1) is 6.07 Å². The van der Waals surface area contributed by atoms with Gasteiger partial charge in [0.15, 0.2) is 0 Å². The van der Waals surface area contributed by atoms with Crippen molar-refractivity contribution in [2.24, 2.45) is 0 Å². The lowest BCUT2D eigenvalue weighted by molar-refractivity contribution is 0.0922. The number of nitrogens with one attached hydrogen (secondary N) is 1. The molecule has 0 bridgehead atoms. The van der Waals surface area contributed by atoms with E-state index < -0.39 is 0 Å². The summed E-state index contributed by atoms with van der Waals surface area (Å²) in [5, 5.41) is 12.2. The number of nitrogens with zero attached hydrogens (tertiary/aromatic N) is 2. The van der Waals surface area contributed by atoms with Crippen LogP contribution in [-0.2, 0) is 0 Å². The Morgan fingerprint density at radius 1 is 1.41 bits per heavy atom. The second-order valence-corrected chi connectivity index (χ2v) is 5.75. The first-order valence-electron chi connectivity index (χ1n) is 7.12. The fraction of sp³-hybridized carbons (Fsp3) is 0.929. The summed E-state index contributed by atoms with van der Waals surface area (Å²) in [6.07, 6.45) is 8.36. The van der Waals surface area contributed by atoms with E-state index in [-0.39, 0.29) is 0 Å². The van der Waals surface area contributed by atoms with E-state index in [1.807, 2.05) is 0 Å². The van der Waals surface area contributed by atoms with Crippen molar-refractivity contribution in [1.82, 2.24) is 10.2 Å². The number of hydrogen-bond donors (Lipinski definition) is 1. The molecule has 2 saturated heterocycles. The minimum atomic E-state index is 0.457. The van der Waals surface area contributed by atoms with Crippen molar-refractivity contribution in [2.45, 2.75) is 63.5 Å². The average molecular weight is 235 g/mol. The van der Waals surface area contributed by atoms with E-state index in [2.05, 4.69) is 23.2 Å². The minimum absolute atomic E-state index is 0.457. The zero-order chi connectivity index (χ0) is 12.1. The molecule has 2 rings (SSSR count). The number of likely N-dealkylation sites (tertiary alicyclic amines) is 1. The Kier molecular flexibility index (Phi) is 4.42. The van der Waals surface area contributed by atoms with E-state index in [1.54, 1.807) is 0 Å². The van der Waals surface area contributed by atoms with E-state index >= 15 is 0 Å². The molecule has 17 heavy (non-hydrogen) atoms. The van der Waals surface area contributed by atoms with Crippen LogP contribution in [0.5, 0.6) is 0 Å². The van der Waals surface area contributed by atoms with Gasteiger partial charge in [-0.25, -0.2) is 0 Å². The first-order valence-corrected chi connectivity index (χ1v) is 7.12.